The number of benzene rings is 1. The van der Waals surface area contributed by atoms with Crippen molar-refractivity contribution in [2.75, 3.05) is 38.7 Å². The van der Waals surface area contributed by atoms with Crippen molar-refractivity contribution in [3.63, 3.8) is 0 Å². The second kappa shape index (κ2) is 6.98. The van der Waals surface area contributed by atoms with Crippen LogP contribution in [0.2, 0.25) is 0 Å². The zero-order valence-electron chi connectivity index (χ0n) is 12.8. The van der Waals surface area contributed by atoms with Crippen molar-refractivity contribution in [2.24, 2.45) is 0 Å². The van der Waals surface area contributed by atoms with E-state index in [1.165, 1.54) is 18.8 Å². The molecule has 1 aromatic heterocycles. The van der Waals surface area contributed by atoms with E-state index in [0.29, 0.717) is 17.4 Å². The number of para-hydroxylation sites is 1. The summed E-state index contributed by atoms with van der Waals surface area (Å²) in [5.74, 6) is 0.383. The number of methoxy groups -OCH3 is 1. The summed E-state index contributed by atoms with van der Waals surface area (Å²) in [5.41, 5.74) is 0.364. The van der Waals surface area contributed by atoms with Crippen LogP contribution in [0.4, 0.5) is 10.2 Å². The van der Waals surface area contributed by atoms with Gasteiger partial charge in [0.1, 0.15) is 23.5 Å². The van der Waals surface area contributed by atoms with Crippen molar-refractivity contribution in [1.29, 1.82) is 0 Å². The predicted octanol–water partition coefficient (Wildman–Crippen LogP) is 2.29. The molecule has 6 heteroatoms. The van der Waals surface area contributed by atoms with Crippen molar-refractivity contribution in [3.8, 4) is 0 Å². The Kier molecular flexibility index (Phi) is 4.80. The topological polar surface area (TPSA) is 50.3 Å². The van der Waals surface area contributed by atoms with Crippen LogP contribution in [0, 0.1) is 5.82 Å². The van der Waals surface area contributed by atoms with Crippen LogP contribution in [-0.2, 0) is 4.74 Å². The van der Waals surface area contributed by atoms with Crippen molar-refractivity contribution in [2.45, 2.75) is 18.9 Å². The molecule has 3 rings (SSSR count). The molecule has 0 radical (unpaired) electrons. The number of rotatable bonds is 6. The molecule has 5 nitrogen and oxygen atoms in total. The second-order valence-electron chi connectivity index (χ2n) is 5.56. The molecule has 0 aliphatic carbocycles. The van der Waals surface area contributed by atoms with Gasteiger partial charge in [-0.1, -0.05) is 6.07 Å². The van der Waals surface area contributed by atoms with E-state index in [4.69, 9.17) is 4.74 Å². The van der Waals surface area contributed by atoms with Gasteiger partial charge in [-0.3, -0.25) is 4.90 Å². The molecule has 1 atom stereocenters. The Bertz CT molecular complexity index is 637. The number of anilines is 1. The quantitative estimate of drug-likeness (QED) is 0.887. The largest absolute Gasteiger partial charge is 0.383 e. The Balaban J connectivity index is 1.70. The number of likely N-dealkylation sites (tertiary alicyclic amines) is 1. The van der Waals surface area contributed by atoms with Crippen molar-refractivity contribution < 1.29 is 9.13 Å². The van der Waals surface area contributed by atoms with Gasteiger partial charge in [0, 0.05) is 31.6 Å². The SMILES string of the molecule is COCCN1CCCC1CNc1ncnc2c(F)cccc12. The molecular formula is C16H21FN4O. The molecule has 0 spiro atoms. The van der Waals surface area contributed by atoms with Crippen LogP contribution in [0.5, 0.6) is 0 Å². The molecule has 1 fully saturated rings. The van der Waals surface area contributed by atoms with Crippen LogP contribution >= 0.6 is 0 Å². The minimum absolute atomic E-state index is 0.314. The smallest absolute Gasteiger partial charge is 0.149 e. The Morgan fingerprint density at radius 3 is 3.18 bits per heavy atom. The van der Waals surface area contributed by atoms with E-state index in [0.717, 1.165) is 38.0 Å². The lowest BCUT2D eigenvalue weighted by atomic mass is 10.2. The van der Waals surface area contributed by atoms with Gasteiger partial charge in [-0.05, 0) is 31.5 Å². The van der Waals surface area contributed by atoms with Gasteiger partial charge in [0.05, 0.1) is 6.61 Å². The first-order valence-electron chi connectivity index (χ1n) is 7.65. The minimum atomic E-state index is -0.314. The summed E-state index contributed by atoms with van der Waals surface area (Å²) >= 11 is 0. The van der Waals surface area contributed by atoms with Crippen LogP contribution in [0.15, 0.2) is 24.5 Å². The standard InChI is InChI=1S/C16H21FN4O/c1-22-9-8-21-7-3-4-12(21)10-18-16-13-5-2-6-14(17)15(13)19-11-20-16/h2,5-6,11-12H,3-4,7-10H2,1H3,(H,18,19,20). The first kappa shape index (κ1) is 15.1. The van der Waals surface area contributed by atoms with Gasteiger partial charge >= 0.3 is 0 Å². The Hall–Kier alpha value is -1.79. The van der Waals surface area contributed by atoms with Crippen LogP contribution in [0.25, 0.3) is 10.9 Å². The van der Waals surface area contributed by atoms with Gasteiger partial charge in [0.25, 0.3) is 0 Å². The molecule has 22 heavy (non-hydrogen) atoms. The molecule has 0 bridgehead atoms. The molecule has 1 unspecified atom stereocenters. The zero-order chi connectivity index (χ0) is 15.4. The third-order valence-electron chi connectivity index (χ3n) is 4.20. The number of halogens is 1. The molecule has 0 saturated carbocycles. The molecule has 1 N–H and O–H groups in total. The number of aromatic nitrogens is 2. The minimum Gasteiger partial charge on any atom is -0.383 e. The average molecular weight is 304 g/mol. The molecular weight excluding hydrogens is 283 g/mol. The third kappa shape index (κ3) is 3.18. The Labute approximate surface area is 129 Å². The lowest BCUT2D eigenvalue weighted by molar-refractivity contribution is 0.143. The van der Waals surface area contributed by atoms with E-state index in [1.54, 1.807) is 13.2 Å². The van der Waals surface area contributed by atoms with Crippen LogP contribution in [-0.4, -0.2) is 54.3 Å². The van der Waals surface area contributed by atoms with Gasteiger partial charge in [0.15, 0.2) is 0 Å². The fraction of sp³-hybridized carbons (Fsp3) is 0.500. The Morgan fingerprint density at radius 2 is 2.32 bits per heavy atom. The molecule has 1 aliphatic heterocycles. The maximum atomic E-state index is 13.8. The lowest BCUT2D eigenvalue weighted by Crippen LogP contribution is -2.37. The van der Waals surface area contributed by atoms with Gasteiger partial charge < -0.3 is 10.1 Å². The van der Waals surface area contributed by atoms with E-state index in [9.17, 15) is 4.39 Å². The van der Waals surface area contributed by atoms with Gasteiger partial charge in [-0.15, -0.1) is 0 Å². The lowest BCUT2D eigenvalue weighted by Gasteiger charge is -2.24. The summed E-state index contributed by atoms with van der Waals surface area (Å²) in [6, 6.07) is 5.42. The number of nitrogens with zero attached hydrogens (tertiary/aromatic N) is 3. The summed E-state index contributed by atoms with van der Waals surface area (Å²) in [4.78, 5) is 10.7. The molecule has 0 amide bonds. The molecule has 1 aliphatic rings. The van der Waals surface area contributed by atoms with Crippen LogP contribution in [0.1, 0.15) is 12.8 Å². The highest BCUT2D eigenvalue weighted by Gasteiger charge is 2.24. The number of hydrogen-bond acceptors (Lipinski definition) is 5. The monoisotopic (exact) mass is 304 g/mol. The first-order chi connectivity index (χ1) is 10.8. The van der Waals surface area contributed by atoms with E-state index >= 15 is 0 Å². The maximum Gasteiger partial charge on any atom is 0.149 e. The number of fused-ring (bicyclic) bond motifs is 1. The van der Waals surface area contributed by atoms with E-state index < -0.39 is 0 Å². The predicted molar refractivity (Wildman–Crippen MR) is 84.5 cm³/mol. The van der Waals surface area contributed by atoms with E-state index in [1.807, 2.05) is 6.07 Å². The highest BCUT2D eigenvalue weighted by atomic mass is 19.1. The molecule has 118 valence electrons. The van der Waals surface area contributed by atoms with Crippen LogP contribution in [0.3, 0.4) is 0 Å². The van der Waals surface area contributed by atoms with Gasteiger partial charge in [-0.2, -0.15) is 0 Å². The maximum absolute atomic E-state index is 13.8. The fourth-order valence-electron chi connectivity index (χ4n) is 3.04. The average Bonchev–Trinajstić information content (AvgIpc) is 2.99. The summed E-state index contributed by atoms with van der Waals surface area (Å²) in [6.45, 7) is 3.60. The van der Waals surface area contributed by atoms with E-state index in [2.05, 4.69) is 20.2 Å². The summed E-state index contributed by atoms with van der Waals surface area (Å²) in [7, 11) is 1.73. The van der Waals surface area contributed by atoms with E-state index in [-0.39, 0.29) is 5.82 Å². The highest BCUT2D eigenvalue weighted by molar-refractivity contribution is 5.89. The number of nitrogens with one attached hydrogen (secondary N) is 1. The van der Waals surface area contributed by atoms with Gasteiger partial charge in [0.2, 0.25) is 0 Å². The zero-order valence-corrected chi connectivity index (χ0v) is 12.8. The summed E-state index contributed by atoms with van der Waals surface area (Å²) in [6.07, 6.45) is 3.77. The number of ether oxygens (including phenoxy) is 1. The first-order valence-corrected chi connectivity index (χ1v) is 7.65. The number of hydrogen-bond donors (Lipinski definition) is 1. The van der Waals surface area contributed by atoms with Crippen molar-refractivity contribution >= 4 is 16.7 Å². The second-order valence-corrected chi connectivity index (χ2v) is 5.56. The highest BCUT2D eigenvalue weighted by Crippen LogP contribution is 2.22. The summed E-state index contributed by atoms with van der Waals surface area (Å²) in [5, 5.41) is 4.09. The summed E-state index contributed by atoms with van der Waals surface area (Å²) < 4.78 is 18.9. The molecule has 2 aromatic rings. The third-order valence-corrected chi connectivity index (χ3v) is 4.20. The van der Waals surface area contributed by atoms with Gasteiger partial charge in [-0.25, -0.2) is 14.4 Å². The van der Waals surface area contributed by atoms with Crippen molar-refractivity contribution in [3.05, 3.63) is 30.3 Å². The Morgan fingerprint density at radius 1 is 1.41 bits per heavy atom. The molecule has 1 saturated heterocycles. The molecule has 2 heterocycles. The van der Waals surface area contributed by atoms with Crippen LogP contribution < -0.4 is 5.32 Å². The normalized spacial score (nSPS) is 18.9. The van der Waals surface area contributed by atoms with Crippen molar-refractivity contribution in [1.82, 2.24) is 14.9 Å². The fourth-order valence-corrected chi connectivity index (χ4v) is 3.04. The molecule has 1 aromatic carbocycles.